The number of rotatable bonds is 5. The van der Waals surface area contributed by atoms with E-state index in [9.17, 15) is 9.59 Å². The summed E-state index contributed by atoms with van der Waals surface area (Å²) < 4.78 is 10.4. The van der Waals surface area contributed by atoms with Gasteiger partial charge in [-0.2, -0.15) is 0 Å². The molecule has 7 heteroatoms. The minimum absolute atomic E-state index is 0.0690. The molecule has 1 aliphatic rings. The maximum atomic E-state index is 12.6. The van der Waals surface area contributed by atoms with Gasteiger partial charge in [0.15, 0.2) is 0 Å². The molecule has 0 saturated carbocycles. The molecule has 6 nitrogen and oxygen atoms in total. The number of ether oxygens (including phenoxy) is 1. The van der Waals surface area contributed by atoms with E-state index in [1.54, 1.807) is 0 Å². The van der Waals surface area contributed by atoms with Crippen LogP contribution < -0.4 is 5.32 Å². The molecule has 0 unspecified atom stereocenters. The number of benzene rings is 1. The standard InChI is InChI=1S/C21H20N2O4S/c1-26-21(25)18-15-9-5-6-10-16(15)28-20(18)23-17(24)11-14-12-27-19(22-14)13-7-3-2-4-8-13/h2-4,7-8,12H,5-6,9-11H2,1H3,(H,23,24). The molecule has 28 heavy (non-hydrogen) atoms. The highest BCUT2D eigenvalue weighted by atomic mass is 32.1. The first-order chi connectivity index (χ1) is 13.7. The highest BCUT2D eigenvalue weighted by Crippen LogP contribution is 2.38. The van der Waals surface area contributed by atoms with E-state index in [2.05, 4.69) is 10.3 Å². The lowest BCUT2D eigenvalue weighted by Crippen LogP contribution is -2.17. The van der Waals surface area contributed by atoms with Gasteiger partial charge in [-0.05, 0) is 43.4 Å². The Morgan fingerprint density at radius 3 is 2.79 bits per heavy atom. The molecular weight excluding hydrogens is 376 g/mol. The molecule has 1 N–H and O–H groups in total. The van der Waals surface area contributed by atoms with E-state index in [1.807, 2.05) is 30.3 Å². The number of carbonyl (C=O) groups is 2. The minimum atomic E-state index is -0.400. The highest BCUT2D eigenvalue weighted by Gasteiger charge is 2.27. The summed E-state index contributed by atoms with van der Waals surface area (Å²) in [6.45, 7) is 0. The summed E-state index contributed by atoms with van der Waals surface area (Å²) in [5.41, 5.74) is 2.91. The topological polar surface area (TPSA) is 81.4 Å². The van der Waals surface area contributed by atoms with Crippen LogP contribution in [-0.4, -0.2) is 24.0 Å². The fraction of sp³-hybridized carbons (Fsp3) is 0.286. The Kier molecular flexibility index (Phi) is 5.25. The van der Waals surface area contributed by atoms with E-state index in [0.29, 0.717) is 22.1 Å². The third-order valence-corrected chi connectivity index (χ3v) is 5.94. The summed E-state index contributed by atoms with van der Waals surface area (Å²) in [6, 6.07) is 9.51. The second-order valence-corrected chi connectivity index (χ2v) is 7.75. The number of carbonyl (C=O) groups excluding carboxylic acids is 2. The minimum Gasteiger partial charge on any atom is -0.465 e. The van der Waals surface area contributed by atoms with Crippen molar-refractivity contribution in [2.75, 3.05) is 12.4 Å². The number of esters is 1. The van der Waals surface area contributed by atoms with Crippen LogP contribution in [-0.2, 0) is 28.8 Å². The van der Waals surface area contributed by atoms with Gasteiger partial charge >= 0.3 is 5.97 Å². The van der Waals surface area contributed by atoms with Crippen LogP contribution in [0.2, 0.25) is 0 Å². The zero-order valence-electron chi connectivity index (χ0n) is 15.5. The van der Waals surface area contributed by atoms with E-state index >= 15 is 0 Å². The van der Waals surface area contributed by atoms with Crippen molar-refractivity contribution in [2.24, 2.45) is 0 Å². The molecule has 4 rings (SSSR count). The smallest absolute Gasteiger partial charge is 0.341 e. The van der Waals surface area contributed by atoms with E-state index in [0.717, 1.165) is 41.7 Å². The molecule has 1 aromatic carbocycles. The molecule has 2 heterocycles. The van der Waals surface area contributed by atoms with E-state index in [-0.39, 0.29) is 12.3 Å². The molecule has 144 valence electrons. The van der Waals surface area contributed by atoms with Gasteiger partial charge in [0.25, 0.3) is 0 Å². The predicted molar refractivity (Wildman–Crippen MR) is 107 cm³/mol. The first-order valence-electron chi connectivity index (χ1n) is 9.18. The Balaban J connectivity index is 1.51. The van der Waals surface area contributed by atoms with Crippen LogP contribution in [0.1, 0.15) is 39.3 Å². The van der Waals surface area contributed by atoms with Gasteiger partial charge in [0.05, 0.1) is 24.8 Å². The lowest BCUT2D eigenvalue weighted by Gasteiger charge is -2.11. The summed E-state index contributed by atoms with van der Waals surface area (Å²) in [6.07, 6.45) is 5.48. The Labute approximate surface area is 166 Å². The average Bonchev–Trinajstić information content (AvgIpc) is 3.32. The van der Waals surface area contributed by atoms with Crippen molar-refractivity contribution in [1.82, 2.24) is 4.98 Å². The number of thiophene rings is 1. The third kappa shape index (κ3) is 3.71. The zero-order chi connectivity index (χ0) is 19.5. The molecule has 0 spiro atoms. The summed E-state index contributed by atoms with van der Waals surface area (Å²) in [5, 5.41) is 3.44. The molecule has 0 saturated heterocycles. The monoisotopic (exact) mass is 396 g/mol. The highest BCUT2D eigenvalue weighted by molar-refractivity contribution is 7.17. The molecule has 3 aromatic rings. The molecule has 1 amide bonds. The number of amides is 1. The molecule has 2 aromatic heterocycles. The van der Waals surface area contributed by atoms with Crippen LogP contribution in [0.3, 0.4) is 0 Å². The fourth-order valence-corrected chi connectivity index (χ4v) is 4.70. The predicted octanol–water partition coefficient (Wildman–Crippen LogP) is 4.25. The first-order valence-corrected chi connectivity index (χ1v) is 10.00. The Morgan fingerprint density at radius 2 is 2.00 bits per heavy atom. The molecule has 0 atom stereocenters. The van der Waals surface area contributed by atoms with Gasteiger partial charge in [-0.15, -0.1) is 11.3 Å². The van der Waals surface area contributed by atoms with Crippen LogP contribution in [0.25, 0.3) is 11.5 Å². The quantitative estimate of drug-likeness (QED) is 0.652. The Bertz CT molecular complexity index is 1010. The summed E-state index contributed by atoms with van der Waals surface area (Å²) in [4.78, 5) is 30.4. The van der Waals surface area contributed by atoms with Crippen molar-refractivity contribution >= 4 is 28.2 Å². The number of aromatic nitrogens is 1. The van der Waals surface area contributed by atoms with Crippen molar-refractivity contribution in [3.63, 3.8) is 0 Å². The number of methoxy groups -OCH3 is 1. The number of oxazole rings is 1. The van der Waals surface area contributed by atoms with E-state index in [1.165, 1.54) is 24.7 Å². The van der Waals surface area contributed by atoms with Crippen molar-refractivity contribution in [3.05, 3.63) is 58.3 Å². The van der Waals surface area contributed by atoms with Crippen molar-refractivity contribution in [1.29, 1.82) is 0 Å². The van der Waals surface area contributed by atoms with Crippen LogP contribution in [0, 0.1) is 0 Å². The van der Waals surface area contributed by atoms with Gasteiger partial charge in [-0.3, -0.25) is 4.79 Å². The van der Waals surface area contributed by atoms with Crippen molar-refractivity contribution in [3.8, 4) is 11.5 Å². The largest absolute Gasteiger partial charge is 0.465 e. The van der Waals surface area contributed by atoms with Gasteiger partial charge in [-0.25, -0.2) is 9.78 Å². The number of nitrogens with zero attached hydrogens (tertiary/aromatic N) is 1. The van der Waals surface area contributed by atoms with Crippen LogP contribution in [0.5, 0.6) is 0 Å². The van der Waals surface area contributed by atoms with Gasteiger partial charge < -0.3 is 14.5 Å². The van der Waals surface area contributed by atoms with Crippen LogP contribution in [0.15, 0.2) is 41.0 Å². The normalized spacial score (nSPS) is 13.0. The lowest BCUT2D eigenvalue weighted by molar-refractivity contribution is -0.115. The van der Waals surface area contributed by atoms with Crippen molar-refractivity contribution < 1.29 is 18.7 Å². The summed E-state index contributed by atoms with van der Waals surface area (Å²) in [5.74, 6) is -0.163. The fourth-order valence-electron chi connectivity index (χ4n) is 3.41. The summed E-state index contributed by atoms with van der Waals surface area (Å²) in [7, 11) is 1.36. The third-order valence-electron chi connectivity index (χ3n) is 4.73. The van der Waals surface area contributed by atoms with Crippen molar-refractivity contribution in [2.45, 2.75) is 32.1 Å². The number of nitrogens with one attached hydrogen (secondary N) is 1. The van der Waals surface area contributed by atoms with Gasteiger partial charge in [0, 0.05) is 10.4 Å². The summed E-state index contributed by atoms with van der Waals surface area (Å²) >= 11 is 1.47. The second-order valence-electron chi connectivity index (χ2n) is 6.64. The molecule has 0 radical (unpaired) electrons. The Morgan fingerprint density at radius 1 is 1.21 bits per heavy atom. The number of hydrogen-bond donors (Lipinski definition) is 1. The second kappa shape index (κ2) is 7.98. The maximum Gasteiger partial charge on any atom is 0.341 e. The van der Waals surface area contributed by atoms with Gasteiger partial charge in [-0.1, -0.05) is 18.2 Å². The number of fused-ring (bicyclic) bond motifs is 1. The van der Waals surface area contributed by atoms with Gasteiger partial charge in [0.1, 0.15) is 11.3 Å². The first kappa shape index (κ1) is 18.4. The molecule has 0 aliphatic heterocycles. The SMILES string of the molecule is COC(=O)c1c(NC(=O)Cc2coc(-c3ccccc3)n2)sc2c1CCCC2. The van der Waals surface area contributed by atoms with Crippen LogP contribution in [0.4, 0.5) is 5.00 Å². The van der Waals surface area contributed by atoms with Crippen LogP contribution >= 0.6 is 11.3 Å². The zero-order valence-corrected chi connectivity index (χ0v) is 16.3. The number of anilines is 1. The lowest BCUT2D eigenvalue weighted by atomic mass is 9.95. The Hall–Kier alpha value is -2.93. The van der Waals surface area contributed by atoms with Gasteiger partial charge in [0.2, 0.25) is 11.8 Å². The molecule has 1 aliphatic carbocycles. The number of aryl methyl sites for hydroxylation is 1. The van der Waals surface area contributed by atoms with E-state index < -0.39 is 5.97 Å². The molecule has 0 fully saturated rings. The molecule has 0 bridgehead atoms. The van der Waals surface area contributed by atoms with E-state index in [4.69, 9.17) is 9.15 Å². The molecular formula is C21H20N2O4S. The average molecular weight is 396 g/mol. The maximum absolute atomic E-state index is 12.6. The number of hydrogen-bond acceptors (Lipinski definition) is 6.